The van der Waals surface area contributed by atoms with Gasteiger partial charge in [0.1, 0.15) is 5.82 Å². The van der Waals surface area contributed by atoms with Crippen molar-refractivity contribution in [3.05, 3.63) is 59.9 Å². The predicted molar refractivity (Wildman–Crippen MR) is 101 cm³/mol. The molecule has 2 heterocycles. The average molecular weight is 351 g/mol. The number of amides is 2. The zero-order valence-corrected chi connectivity index (χ0v) is 14.7. The van der Waals surface area contributed by atoms with Gasteiger partial charge in [0.25, 0.3) is 0 Å². The summed E-state index contributed by atoms with van der Waals surface area (Å²) in [6.45, 7) is 4.91. The molecule has 0 aliphatic rings. The highest BCUT2D eigenvalue weighted by molar-refractivity contribution is 5.89. The maximum absolute atomic E-state index is 11.8. The smallest absolute Gasteiger partial charge is 0.319 e. The molecule has 0 aliphatic carbocycles. The van der Waals surface area contributed by atoms with E-state index in [1.807, 2.05) is 62.4 Å². The van der Waals surface area contributed by atoms with Crippen LogP contribution in [0.15, 0.2) is 48.5 Å². The van der Waals surface area contributed by atoms with Crippen molar-refractivity contribution < 1.29 is 4.79 Å². The van der Waals surface area contributed by atoms with E-state index in [1.54, 1.807) is 4.68 Å². The van der Waals surface area contributed by atoms with E-state index in [4.69, 9.17) is 0 Å². The number of hydrogen-bond donors (Lipinski definition) is 3. The SMILES string of the molecule is Cc1cc(C)n(-c2ccc(NCCNC(=O)Nc3ccccc3)nn2)n1. The van der Waals surface area contributed by atoms with Crippen LogP contribution in [0.4, 0.5) is 16.3 Å². The number of hydrogen-bond acceptors (Lipinski definition) is 5. The maximum atomic E-state index is 11.8. The third kappa shape index (κ3) is 4.56. The summed E-state index contributed by atoms with van der Waals surface area (Å²) in [5.41, 5.74) is 2.70. The van der Waals surface area contributed by atoms with E-state index in [0.717, 1.165) is 17.1 Å². The fraction of sp³-hybridized carbons (Fsp3) is 0.222. The van der Waals surface area contributed by atoms with Gasteiger partial charge in [-0.05, 0) is 44.2 Å². The van der Waals surface area contributed by atoms with Crippen LogP contribution in [-0.4, -0.2) is 39.1 Å². The third-order valence-electron chi connectivity index (χ3n) is 3.63. The van der Waals surface area contributed by atoms with Gasteiger partial charge in [0.15, 0.2) is 5.82 Å². The Morgan fingerprint density at radius 1 is 1.04 bits per heavy atom. The number of carbonyl (C=O) groups is 1. The van der Waals surface area contributed by atoms with Gasteiger partial charge in [-0.15, -0.1) is 10.2 Å². The molecule has 1 aromatic carbocycles. The Morgan fingerprint density at radius 2 is 1.85 bits per heavy atom. The second-order valence-corrected chi connectivity index (χ2v) is 5.79. The number of aromatic nitrogens is 4. The zero-order valence-electron chi connectivity index (χ0n) is 14.7. The largest absolute Gasteiger partial charge is 0.367 e. The van der Waals surface area contributed by atoms with E-state index in [9.17, 15) is 4.79 Å². The third-order valence-corrected chi connectivity index (χ3v) is 3.63. The van der Waals surface area contributed by atoms with Crippen LogP contribution in [0, 0.1) is 13.8 Å². The van der Waals surface area contributed by atoms with E-state index in [2.05, 4.69) is 31.2 Å². The predicted octanol–water partition coefficient (Wildman–Crippen LogP) is 2.51. The summed E-state index contributed by atoms with van der Waals surface area (Å²) in [5, 5.41) is 21.3. The molecule has 0 bridgehead atoms. The number of nitrogens with one attached hydrogen (secondary N) is 3. The number of anilines is 2. The van der Waals surface area contributed by atoms with Gasteiger partial charge in [0.2, 0.25) is 0 Å². The summed E-state index contributed by atoms with van der Waals surface area (Å²) in [5.74, 6) is 1.31. The van der Waals surface area contributed by atoms with Crippen molar-refractivity contribution in [2.75, 3.05) is 23.7 Å². The number of aryl methyl sites for hydroxylation is 2. The number of para-hydroxylation sites is 1. The van der Waals surface area contributed by atoms with Crippen molar-refractivity contribution in [1.82, 2.24) is 25.3 Å². The number of carbonyl (C=O) groups excluding carboxylic acids is 1. The standard InChI is InChI=1S/C18H21N7O/c1-13-12-14(2)25(24-13)17-9-8-16(22-23-17)19-10-11-20-18(26)21-15-6-4-3-5-7-15/h3-9,12H,10-11H2,1-2H3,(H,19,22)(H2,20,21,26). The Kier molecular flexibility index (Phi) is 5.43. The van der Waals surface area contributed by atoms with Gasteiger partial charge in [-0.25, -0.2) is 9.48 Å². The van der Waals surface area contributed by atoms with E-state index >= 15 is 0 Å². The van der Waals surface area contributed by atoms with E-state index in [0.29, 0.717) is 24.7 Å². The van der Waals surface area contributed by atoms with Crippen LogP contribution in [-0.2, 0) is 0 Å². The van der Waals surface area contributed by atoms with Crippen LogP contribution in [0.25, 0.3) is 5.82 Å². The highest BCUT2D eigenvalue weighted by Crippen LogP contribution is 2.10. The normalized spacial score (nSPS) is 10.4. The molecule has 3 rings (SSSR count). The van der Waals surface area contributed by atoms with Gasteiger partial charge >= 0.3 is 6.03 Å². The monoisotopic (exact) mass is 351 g/mol. The molecule has 0 saturated carbocycles. The van der Waals surface area contributed by atoms with Crippen molar-refractivity contribution in [3.8, 4) is 5.82 Å². The Labute approximate surface area is 151 Å². The molecule has 0 unspecified atom stereocenters. The lowest BCUT2D eigenvalue weighted by molar-refractivity contribution is 0.252. The van der Waals surface area contributed by atoms with Gasteiger partial charge in [-0.3, -0.25) is 0 Å². The second kappa shape index (κ2) is 8.11. The molecule has 0 saturated heterocycles. The topological polar surface area (TPSA) is 96.8 Å². The molecule has 2 aromatic heterocycles. The van der Waals surface area contributed by atoms with E-state index in [1.165, 1.54) is 0 Å². The van der Waals surface area contributed by atoms with Gasteiger partial charge in [-0.1, -0.05) is 18.2 Å². The van der Waals surface area contributed by atoms with Crippen molar-refractivity contribution >= 4 is 17.5 Å². The first-order chi connectivity index (χ1) is 12.6. The molecule has 0 spiro atoms. The Hall–Kier alpha value is -3.42. The van der Waals surface area contributed by atoms with E-state index < -0.39 is 0 Å². The lowest BCUT2D eigenvalue weighted by Gasteiger charge is -2.09. The Morgan fingerprint density at radius 3 is 2.50 bits per heavy atom. The highest BCUT2D eigenvalue weighted by atomic mass is 16.2. The Bertz CT molecular complexity index is 859. The van der Waals surface area contributed by atoms with Crippen LogP contribution in [0.1, 0.15) is 11.4 Å². The minimum absolute atomic E-state index is 0.246. The molecule has 3 N–H and O–H groups in total. The van der Waals surface area contributed by atoms with Gasteiger partial charge in [0.05, 0.1) is 5.69 Å². The molecule has 0 aliphatic heterocycles. The molecule has 26 heavy (non-hydrogen) atoms. The molecule has 2 amide bonds. The summed E-state index contributed by atoms with van der Waals surface area (Å²) in [4.78, 5) is 11.8. The first kappa shape index (κ1) is 17.4. The summed E-state index contributed by atoms with van der Waals surface area (Å²) in [6.07, 6.45) is 0. The fourth-order valence-electron chi connectivity index (χ4n) is 2.46. The van der Waals surface area contributed by atoms with Crippen LogP contribution in [0.2, 0.25) is 0 Å². The second-order valence-electron chi connectivity index (χ2n) is 5.79. The molecular weight excluding hydrogens is 330 g/mol. The lowest BCUT2D eigenvalue weighted by atomic mass is 10.3. The summed E-state index contributed by atoms with van der Waals surface area (Å²) in [7, 11) is 0. The van der Waals surface area contributed by atoms with E-state index in [-0.39, 0.29) is 6.03 Å². The lowest BCUT2D eigenvalue weighted by Crippen LogP contribution is -2.32. The van der Waals surface area contributed by atoms with Crippen molar-refractivity contribution in [1.29, 1.82) is 0 Å². The van der Waals surface area contributed by atoms with Crippen molar-refractivity contribution in [2.24, 2.45) is 0 Å². The number of urea groups is 1. The minimum atomic E-state index is -0.246. The summed E-state index contributed by atoms with van der Waals surface area (Å²) in [6, 6.07) is 14.7. The maximum Gasteiger partial charge on any atom is 0.319 e. The fourth-order valence-corrected chi connectivity index (χ4v) is 2.46. The first-order valence-electron chi connectivity index (χ1n) is 8.33. The number of nitrogens with zero attached hydrogens (tertiary/aromatic N) is 4. The molecular formula is C18H21N7O. The molecule has 0 radical (unpaired) electrons. The van der Waals surface area contributed by atoms with Crippen molar-refractivity contribution in [3.63, 3.8) is 0 Å². The molecule has 8 heteroatoms. The molecule has 3 aromatic rings. The number of rotatable bonds is 6. The highest BCUT2D eigenvalue weighted by Gasteiger charge is 2.06. The van der Waals surface area contributed by atoms with Gasteiger partial charge in [0, 0.05) is 24.5 Å². The van der Waals surface area contributed by atoms with Crippen LogP contribution < -0.4 is 16.0 Å². The summed E-state index contributed by atoms with van der Waals surface area (Å²) >= 11 is 0. The quantitative estimate of drug-likeness (QED) is 0.593. The number of benzene rings is 1. The van der Waals surface area contributed by atoms with Crippen LogP contribution in [0.3, 0.4) is 0 Å². The molecule has 0 atom stereocenters. The van der Waals surface area contributed by atoms with Crippen LogP contribution in [0.5, 0.6) is 0 Å². The van der Waals surface area contributed by atoms with Gasteiger partial charge < -0.3 is 16.0 Å². The molecule has 0 fully saturated rings. The van der Waals surface area contributed by atoms with Gasteiger partial charge in [-0.2, -0.15) is 5.10 Å². The zero-order chi connectivity index (χ0) is 18.4. The molecule has 8 nitrogen and oxygen atoms in total. The van der Waals surface area contributed by atoms with Crippen LogP contribution >= 0.6 is 0 Å². The molecule has 134 valence electrons. The first-order valence-corrected chi connectivity index (χ1v) is 8.33. The van der Waals surface area contributed by atoms with Crippen molar-refractivity contribution in [2.45, 2.75) is 13.8 Å². The average Bonchev–Trinajstić information content (AvgIpc) is 2.98. The summed E-state index contributed by atoms with van der Waals surface area (Å²) < 4.78 is 1.75. The Balaban J connectivity index is 1.44. The minimum Gasteiger partial charge on any atom is -0.367 e.